The standard InChI is InChI=1S/C19H23ClN2O/c1-21(2)18-9-5-16(6-10-18)19(22-11-13-23-14-12-22)15-3-7-17(20)8-4-15/h3-10,19H,11-14H2,1-2H3. The summed E-state index contributed by atoms with van der Waals surface area (Å²) in [4.78, 5) is 4.60. The molecule has 0 aromatic heterocycles. The minimum Gasteiger partial charge on any atom is -0.379 e. The molecule has 0 aliphatic carbocycles. The van der Waals surface area contributed by atoms with E-state index in [0.717, 1.165) is 31.3 Å². The second kappa shape index (κ2) is 7.35. The first kappa shape index (κ1) is 16.3. The zero-order valence-corrected chi connectivity index (χ0v) is 14.5. The summed E-state index contributed by atoms with van der Waals surface area (Å²) in [7, 11) is 4.13. The molecule has 1 fully saturated rings. The van der Waals surface area contributed by atoms with Crippen LogP contribution in [-0.2, 0) is 4.74 Å². The molecular formula is C19H23ClN2O. The monoisotopic (exact) mass is 330 g/mol. The highest BCUT2D eigenvalue weighted by Gasteiger charge is 2.24. The number of hydrogen-bond donors (Lipinski definition) is 0. The van der Waals surface area contributed by atoms with Crippen LogP contribution in [0.15, 0.2) is 48.5 Å². The van der Waals surface area contributed by atoms with Crippen molar-refractivity contribution in [2.75, 3.05) is 45.3 Å². The van der Waals surface area contributed by atoms with Crippen LogP contribution in [-0.4, -0.2) is 45.3 Å². The predicted molar refractivity (Wildman–Crippen MR) is 96.5 cm³/mol. The summed E-state index contributed by atoms with van der Waals surface area (Å²) in [5, 5.41) is 0.775. The molecule has 1 unspecified atom stereocenters. The van der Waals surface area contributed by atoms with Gasteiger partial charge in [0, 0.05) is 37.9 Å². The van der Waals surface area contributed by atoms with Gasteiger partial charge < -0.3 is 9.64 Å². The van der Waals surface area contributed by atoms with Crippen molar-refractivity contribution in [3.63, 3.8) is 0 Å². The molecule has 2 aromatic carbocycles. The molecular weight excluding hydrogens is 308 g/mol. The van der Waals surface area contributed by atoms with Gasteiger partial charge in [-0.25, -0.2) is 0 Å². The van der Waals surface area contributed by atoms with Gasteiger partial charge >= 0.3 is 0 Å². The lowest BCUT2D eigenvalue weighted by atomic mass is 9.96. The number of rotatable bonds is 4. The first-order valence-corrected chi connectivity index (χ1v) is 8.37. The van der Waals surface area contributed by atoms with Crippen molar-refractivity contribution in [1.82, 2.24) is 4.90 Å². The normalized spacial score (nSPS) is 17.0. The fourth-order valence-electron chi connectivity index (χ4n) is 3.05. The van der Waals surface area contributed by atoms with Crippen molar-refractivity contribution >= 4 is 17.3 Å². The van der Waals surface area contributed by atoms with Crippen LogP contribution >= 0.6 is 11.6 Å². The van der Waals surface area contributed by atoms with Crippen LogP contribution in [0.25, 0.3) is 0 Å². The number of ether oxygens (including phenoxy) is 1. The number of benzene rings is 2. The molecule has 0 N–H and O–H groups in total. The minimum atomic E-state index is 0.243. The third-order valence-electron chi connectivity index (χ3n) is 4.32. The van der Waals surface area contributed by atoms with Crippen molar-refractivity contribution in [2.24, 2.45) is 0 Å². The molecule has 23 heavy (non-hydrogen) atoms. The first-order valence-electron chi connectivity index (χ1n) is 8.00. The Bertz CT molecular complexity index is 619. The molecule has 1 atom stereocenters. The van der Waals surface area contributed by atoms with Crippen LogP contribution in [0.3, 0.4) is 0 Å². The molecule has 1 saturated heterocycles. The van der Waals surface area contributed by atoms with Crippen molar-refractivity contribution in [2.45, 2.75) is 6.04 Å². The number of morpholine rings is 1. The smallest absolute Gasteiger partial charge is 0.0603 e. The third-order valence-corrected chi connectivity index (χ3v) is 4.57. The van der Waals surface area contributed by atoms with E-state index in [4.69, 9.17) is 16.3 Å². The van der Waals surface area contributed by atoms with Gasteiger partial charge in [-0.1, -0.05) is 35.9 Å². The van der Waals surface area contributed by atoms with E-state index in [-0.39, 0.29) is 6.04 Å². The lowest BCUT2D eigenvalue weighted by molar-refractivity contribution is 0.0239. The summed E-state index contributed by atoms with van der Waals surface area (Å²) < 4.78 is 5.52. The Labute approximate surface area is 143 Å². The van der Waals surface area contributed by atoms with Crippen molar-refractivity contribution in [1.29, 1.82) is 0 Å². The van der Waals surface area contributed by atoms with Gasteiger partial charge in [0.25, 0.3) is 0 Å². The third kappa shape index (κ3) is 3.86. The summed E-state index contributed by atoms with van der Waals surface area (Å²) in [5.41, 5.74) is 3.79. The lowest BCUT2D eigenvalue weighted by Gasteiger charge is -2.35. The summed E-state index contributed by atoms with van der Waals surface area (Å²) >= 11 is 6.06. The van der Waals surface area contributed by atoms with Gasteiger partial charge in [-0.2, -0.15) is 0 Å². The summed E-state index contributed by atoms with van der Waals surface area (Å²) in [5.74, 6) is 0. The maximum atomic E-state index is 6.06. The van der Waals surface area contributed by atoms with Crippen molar-refractivity contribution < 1.29 is 4.74 Å². The van der Waals surface area contributed by atoms with Crippen molar-refractivity contribution in [3.8, 4) is 0 Å². The van der Waals surface area contributed by atoms with Gasteiger partial charge in [0.2, 0.25) is 0 Å². The number of anilines is 1. The summed E-state index contributed by atoms with van der Waals surface area (Å²) in [6.45, 7) is 3.48. The molecule has 0 bridgehead atoms. The quantitative estimate of drug-likeness (QED) is 0.847. The molecule has 2 aromatic rings. The summed E-state index contributed by atoms with van der Waals surface area (Å²) in [6, 6.07) is 17.3. The zero-order chi connectivity index (χ0) is 16.2. The molecule has 0 radical (unpaired) electrons. The van der Waals surface area contributed by atoms with Crippen LogP contribution in [0.2, 0.25) is 5.02 Å². The highest BCUT2D eigenvalue weighted by Crippen LogP contribution is 2.31. The molecule has 3 rings (SSSR count). The van der Waals surface area contributed by atoms with Gasteiger partial charge in [-0.05, 0) is 35.4 Å². The molecule has 0 amide bonds. The number of hydrogen-bond acceptors (Lipinski definition) is 3. The molecule has 0 spiro atoms. The van der Waals surface area contributed by atoms with Gasteiger partial charge in [0.1, 0.15) is 0 Å². The molecule has 4 heteroatoms. The molecule has 0 saturated carbocycles. The molecule has 3 nitrogen and oxygen atoms in total. The van der Waals surface area contributed by atoms with E-state index in [1.165, 1.54) is 16.8 Å². The Balaban J connectivity index is 1.95. The summed E-state index contributed by atoms with van der Waals surface area (Å²) in [6.07, 6.45) is 0. The largest absolute Gasteiger partial charge is 0.379 e. The van der Waals surface area contributed by atoms with Crippen LogP contribution in [0, 0.1) is 0 Å². The van der Waals surface area contributed by atoms with Crippen LogP contribution < -0.4 is 4.90 Å². The first-order chi connectivity index (χ1) is 11.1. The van der Waals surface area contributed by atoms with E-state index in [9.17, 15) is 0 Å². The number of halogens is 1. The Morgan fingerprint density at radius 3 is 1.96 bits per heavy atom. The molecule has 1 aliphatic rings. The van der Waals surface area contributed by atoms with E-state index in [1.807, 2.05) is 12.1 Å². The number of nitrogens with zero attached hydrogens (tertiary/aromatic N) is 2. The van der Waals surface area contributed by atoms with E-state index in [0.29, 0.717) is 0 Å². The SMILES string of the molecule is CN(C)c1ccc(C(c2ccc(Cl)cc2)N2CCOCC2)cc1. The lowest BCUT2D eigenvalue weighted by Crippen LogP contribution is -2.39. The Hall–Kier alpha value is -1.55. The maximum absolute atomic E-state index is 6.06. The second-order valence-corrected chi connectivity index (χ2v) is 6.52. The van der Waals surface area contributed by atoms with Crippen LogP contribution in [0.4, 0.5) is 5.69 Å². The van der Waals surface area contributed by atoms with E-state index >= 15 is 0 Å². The highest BCUT2D eigenvalue weighted by atomic mass is 35.5. The maximum Gasteiger partial charge on any atom is 0.0603 e. The predicted octanol–water partition coefficient (Wildman–Crippen LogP) is 3.83. The Kier molecular flexibility index (Phi) is 5.21. The highest BCUT2D eigenvalue weighted by molar-refractivity contribution is 6.30. The van der Waals surface area contributed by atoms with E-state index < -0.39 is 0 Å². The Morgan fingerprint density at radius 2 is 1.43 bits per heavy atom. The zero-order valence-electron chi connectivity index (χ0n) is 13.7. The van der Waals surface area contributed by atoms with Gasteiger partial charge in [-0.3, -0.25) is 4.90 Å². The minimum absolute atomic E-state index is 0.243. The van der Waals surface area contributed by atoms with Gasteiger partial charge in [0.15, 0.2) is 0 Å². The molecule has 1 heterocycles. The molecule has 1 aliphatic heterocycles. The fraction of sp³-hybridized carbons (Fsp3) is 0.368. The Morgan fingerprint density at radius 1 is 0.913 bits per heavy atom. The van der Waals surface area contributed by atoms with Gasteiger partial charge in [0.05, 0.1) is 19.3 Å². The fourth-order valence-corrected chi connectivity index (χ4v) is 3.18. The van der Waals surface area contributed by atoms with E-state index in [1.54, 1.807) is 0 Å². The molecule has 122 valence electrons. The second-order valence-electron chi connectivity index (χ2n) is 6.09. The van der Waals surface area contributed by atoms with Crippen molar-refractivity contribution in [3.05, 3.63) is 64.7 Å². The van der Waals surface area contributed by atoms with Crippen LogP contribution in [0.1, 0.15) is 17.2 Å². The topological polar surface area (TPSA) is 15.7 Å². The average molecular weight is 331 g/mol. The van der Waals surface area contributed by atoms with E-state index in [2.05, 4.69) is 60.3 Å². The average Bonchev–Trinajstić information content (AvgIpc) is 2.58. The van der Waals surface area contributed by atoms with Gasteiger partial charge in [-0.15, -0.1) is 0 Å². The van der Waals surface area contributed by atoms with Crippen LogP contribution in [0.5, 0.6) is 0 Å².